The predicted molar refractivity (Wildman–Crippen MR) is 101 cm³/mol. The van der Waals surface area contributed by atoms with Gasteiger partial charge in [0.25, 0.3) is 11.7 Å². The third kappa shape index (κ3) is 2.22. The minimum Gasteiger partial charge on any atom is -0.360 e. The minimum atomic E-state index is -0.707. The molecule has 1 saturated carbocycles. The first kappa shape index (κ1) is 16.6. The van der Waals surface area contributed by atoms with Crippen LogP contribution in [-0.4, -0.2) is 21.5 Å². The summed E-state index contributed by atoms with van der Waals surface area (Å²) in [6, 6.07) is 7.78. The molecule has 1 saturated heterocycles. The number of hydrogen-bond acceptors (Lipinski definition) is 3. The predicted octanol–water partition coefficient (Wildman–Crippen LogP) is 4.14. The Kier molecular flexibility index (Phi) is 3.74. The number of nitrogens with zero attached hydrogens (tertiary/aromatic N) is 4. The molecule has 1 aliphatic carbocycles. The number of amides is 1. The highest BCUT2D eigenvalue weighted by atomic mass is 32.1. The summed E-state index contributed by atoms with van der Waals surface area (Å²) in [6.07, 6.45) is 3.84. The maximum atomic E-state index is 13.3. The van der Waals surface area contributed by atoms with Gasteiger partial charge in [0.1, 0.15) is 17.6 Å². The van der Waals surface area contributed by atoms with E-state index in [-0.39, 0.29) is 11.7 Å². The van der Waals surface area contributed by atoms with Crippen LogP contribution in [0.1, 0.15) is 24.8 Å². The molecule has 0 bridgehead atoms. The van der Waals surface area contributed by atoms with Crippen LogP contribution in [0.2, 0.25) is 0 Å². The SMILES string of the molecule is [C-]#[N+]c1ncc(N2C(=O)C3(CCC3)N(c3ccc(F)cc3)C2=S)cc1C. The molecule has 0 atom stereocenters. The number of rotatable bonds is 2. The standard InChI is InChI=1S/C19H15FN4OS/c1-12-10-15(11-22-16(12)21-2)23-17(25)19(8-3-9-19)24(18(23)26)14-6-4-13(20)5-7-14/h4-7,10-11H,3,8-9H2,1H3. The fraction of sp³-hybridized carbons (Fsp3) is 0.263. The zero-order valence-corrected chi connectivity index (χ0v) is 14.9. The Labute approximate surface area is 155 Å². The average Bonchev–Trinajstić information content (AvgIpc) is 2.83. The average molecular weight is 366 g/mol. The topological polar surface area (TPSA) is 40.8 Å². The smallest absolute Gasteiger partial charge is 0.272 e. The lowest BCUT2D eigenvalue weighted by atomic mass is 9.75. The molecule has 130 valence electrons. The van der Waals surface area contributed by atoms with Gasteiger partial charge in [-0.1, -0.05) is 6.57 Å². The normalized spacial score (nSPS) is 18.2. The van der Waals surface area contributed by atoms with Crippen LogP contribution >= 0.6 is 12.2 Å². The van der Waals surface area contributed by atoms with E-state index >= 15 is 0 Å². The highest BCUT2D eigenvalue weighted by Crippen LogP contribution is 2.47. The molecule has 2 aliphatic rings. The highest BCUT2D eigenvalue weighted by Gasteiger charge is 2.59. The van der Waals surface area contributed by atoms with E-state index in [1.165, 1.54) is 23.2 Å². The number of thiocarbonyl (C=S) groups is 1. The van der Waals surface area contributed by atoms with E-state index in [9.17, 15) is 9.18 Å². The summed E-state index contributed by atoms with van der Waals surface area (Å²) in [4.78, 5) is 24.1. The molecule has 7 heteroatoms. The van der Waals surface area contributed by atoms with Crippen LogP contribution < -0.4 is 9.80 Å². The Morgan fingerprint density at radius 3 is 2.50 bits per heavy atom. The molecule has 1 spiro atoms. The molecule has 5 nitrogen and oxygen atoms in total. The number of benzene rings is 1. The van der Waals surface area contributed by atoms with Crippen LogP contribution in [0.4, 0.5) is 21.6 Å². The van der Waals surface area contributed by atoms with Crippen molar-refractivity contribution in [3.63, 3.8) is 0 Å². The molecule has 26 heavy (non-hydrogen) atoms. The van der Waals surface area contributed by atoms with Crippen LogP contribution in [0.15, 0.2) is 36.5 Å². The quantitative estimate of drug-likeness (QED) is 0.592. The van der Waals surface area contributed by atoms with Gasteiger partial charge in [0.2, 0.25) is 0 Å². The van der Waals surface area contributed by atoms with Crippen molar-refractivity contribution in [2.45, 2.75) is 31.7 Å². The lowest BCUT2D eigenvalue weighted by Gasteiger charge is -2.43. The van der Waals surface area contributed by atoms with Gasteiger partial charge in [0.05, 0.1) is 5.69 Å². The van der Waals surface area contributed by atoms with E-state index in [4.69, 9.17) is 18.8 Å². The molecule has 0 unspecified atom stereocenters. The van der Waals surface area contributed by atoms with Gasteiger partial charge in [0.15, 0.2) is 5.11 Å². The molecule has 0 N–H and O–H groups in total. The van der Waals surface area contributed by atoms with Crippen molar-refractivity contribution in [1.29, 1.82) is 0 Å². The molecule has 1 amide bonds. The number of hydrogen-bond donors (Lipinski definition) is 0. The Balaban J connectivity index is 1.80. The molecule has 2 fully saturated rings. The summed E-state index contributed by atoms with van der Waals surface area (Å²) >= 11 is 5.64. The van der Waals surface area contributed by atoms with Gasteiger partial charge in [-0.15, -0.1) is 4.98 Å². The van der Waals surface area contributed by atoms with Gasteiger partial charge < -0.3 is 9.74 Å². The fourth-order valence-corrected chi connectivity index (χ4v) is 4.06. The fourth-order valence-electron chi connectivity index (χ4n) is 3.59. The number of carbonyl (C=O) groups is 1. The van der Waals surface area contributed by atoms with E-state index in [0.717, 1.165) is 6.42 Å². The van der Waals surface area contributed by atoms with E-state index in [0.29, 0.717) is 40.7 Å². The number of pyridine rings is 1. The third-order valence-electron chi connectivity index (χ3n) is 5.08. The zero-order valence-electron chi connectivity index (χ0n) is 14.1. The molecule has 2 aromatic rings. The molecule has 4 rings (SSSR count). The summed E-state index contributed by atoms with van der Waals surface area (Å²) in [6.45, 7) is 8.91. The van der Waals surface area contributed by atoms with Crippen LogP contribution in [-0.2, 0) is 4.79 Å². The minimum absolute atomic E-state index is 0.0881. The summed E-state index contributed by atoms with van der Waals surface area (Å²) in [7, 11) is 0. The Morgan fingerprint density at radius 2 is 1.96 bits per heavy atom. The molecule has 2 heterocycles. The molecular formula is C19H15FN4OS. The Hall–Kier alpha value is -2.85. The van der Waals surface area contributed by atoms with Gasteiger partial charge >= 0.3 is 0 Å². The highest BCUT2D eigenvalue weighted by molar-refractivity contribution is 7.81. The lowest BCUT2D eigenvalue weighted by Crippen LogP contribution is -2.55. The van der Waals surface area contributed by atoms with Crippen molar-refractivity contribution in [2.24, 2.45) is 0 Å². The Bertz CT molecular complexity index is 962. The second-order valence-electron chi connectivity index (χ2n) is 6.57. The van der Waals surface area contributed by atoms with E-state index in [1.54, 1.807) is 25.1 Å². The first-order chi connectivity index (χ1) is 12.5. The van der Waals surface area contributed by atoms with Crippen molar-refractivity contribution >= 4 is 40.4 Å². The second-order valence-corrected chi connectivity index (χ2v) is 6.93. The summed E-state index contributed by atoms with van der Waals surface area (Å²) in [5.74, 6) is -0.117. The number of anilines is 2. The van der Waals surface area contributed by atoms with Crippen molar-refractivity contribution < 1.29 is 9.18 Å². The van der Waals surface area contributed by atoms with Crippen LogP contribution in [0, 0.1) is 19.3 Å². The van der Waals surface area contributed by atoms with Gasteiger partial charge in [-0.05, 0) is 74.3 Å². The number of carbonyl (C=O) groups excluding carboxylic acids is 1. The summed E-state index contributed by atoms with van der Waals surface area (Å²) < 4.78 is 13.3. The van der Waals surface area contributed by atoms with Crippen LogP contribution in [0.25, 0.3) is 4.85 Å². The molecule has 1 aromatic heterocycles. The van der Waals surface area contributed by atoms with E-state index in [2.05, 4.69) is 9.83 Å². The van der Waals surface area contributed by atoms with Gasteiger partial charge in [-0.25, -0.2) is 4.39 Å². The molecular weight excluding hydrogens is 351 g/mol. The lowest BCUT2D eigenvalue weighted by molar-refractivity contribution is -0.123. The van der Waals surface area contributed by atoms with E-state index in [1.807, 2.05) is 4.90 Å². The second kappa shape index (κ2) is 5.85. The maximum Gasteiger partial charge on any atom is 0.272 e. The van der Waals surface area contributed by atoms with E-state index < -0.39 is 5.54 Å². The summed E-state index contributed by atoms with van der Waals surface area (Å²) in [5, 5.41) is 0.359. The van der Waals surface area contributed by atoms with Crippen LogP contribution in [0.3, 0.4) is 0 Å². The van der Waals surface area contributed by atoms with Gasteiger partial charge in [-0.2, -0.15) is 0 Å². The van der Waals surface area contributed by atoms with Crippen molar-refractivity contribution in [3.05, 3.63) is 59.3 Å². The monoisotopic (exact) mass is 366 g/mol. The number of halogens is 1. The van der Waals surface area contributed by atoms with Gasteiger partial charge in [-0.3, -0.25) is 9.69 Å². The molecule has 1 aromatic carbocycles. The summed E-state index contributed by atoms with van der Waals surface area (Å²) in [5.41, 5.74) is 1.24. The van der Waals surface area contributed by atoms with Crippen molar-refractivity contribution in [2.75, 3.05) is 9.80 Å². The van der Waals surface area contributed by atoms with Crippen LogP contribution in [0.5, 0.6) is 0 Å². The third-order valence-corrected chi connectivity index (χ3v) is 5.44. The first-order valence-corrected chi connectivity index (χ1v) is 8.67. The molecule has 0 radical (unpaired) electrons. The number of aryl methyl sites for hydroxylation is 1. The largest absolute Gasteiger partial charge is 0.360 e. The maximum absolute atomic E-state index is 13.3. The zero-order chi connectivity index (χ0) is 18.5. The van der Waals surface area contributed by atoms with Crippen molar-refractivity contribution in [1.82, 2.24) is 4.98 Å². The first-order valence-electron chi connectivity index (χ1n) is 8.26. The number of aromatic nitrogens is 1. The molecule has 1 aliphatic heterocycles. The van der Waals surface area contributed by atoms with Crippen molar-refractivity contribution in [3.8, 4) is 0 Å². The van der Waals surface area contributed by atoms with Gasteiger partial charge in [0, 0.05) is 5.69 Å². The Morgan fingerprint density at radius 1 is 1.27 bits per heavy atom.